The fraction of sp³-hybridized carbons (Fsp3) is 0.179. The molecule has 2 aliphatic carbocycles. The number of carbonyl (C=O) groups excluding carboxylic acids is 1. The van der Waals surface area contributed by atoms with Crippen molar-refractivity contribution < 1.29 is 14.3 Å². The summed E-state index contributed by atoms with van der Waals surface area (Å²) in [5.41, 5.74) is 5.48. The number of rotatable bonds is 6. The Labute approximate surface area is 203 Å². The minimum absolute atomic E-state index is 0.0899. The summed E-state index contributed by atoms with van der Waals surface area (Å²) in [7, 11) is 3.28. The van der Waals surface area contributed by atoms with E-state index < -0.39 is 0 Å². The number of carbonyl (C=O) groups is 1. The van der Waals surface area contributed by atoms with Crippen molar-refractivity contribution in [2.24, 2.45) is 5.92 Å². The van der Waals surface area contributed by atoms with E-state index in [4.69, 9.17) is 9.47 Å². The molecular formula is C28H26N2O3S. The number of aryl methyl sites for hydroxylation is 1. The minimum Gasteiger partial charge on any atom is -0.497 e. The van der Waals surface area contributed by atoms with Crippen LogP contribution in [0.1, 0.15) is 15.3 Å². The highest BCUT2D eigenvalue weighted by molar-refractivity contribution is 7.13. The number of nitrogens with one attached hydrogen (secondary N) is 2. The normalized spacial score (nSPS) is 18.7. The van der Waals surface area contributed by atoms with Crippen LogP contribution >= 0.6 is 11.3 Å². The number of allylic oxidation sites excluding steroid dienone is 9. The SMILES string of the molecule is COc1ccc(CNC2=CC3C(=O)C4=CC(c5ccc(C)s5)=CNC4=CC=C3C=C2)c(OC)c1. The second-order valence-corrected chi connectivity index (χ2v) is 9.58. The maximum Gasteiger partial charge on any atom is 0.176 e. The van der Waals surface area contributed by atoms with Gasteiger partial charge in [0.15, 0.2) is 5.78 Å². The maximum atomic E-state index is 13.6. The third-order valence-corrected chi connectivity index (χ3v) is 7.18. The van der Waals surface area contributed by atoms with Crippen molar-refractivity contribution in [3.05, 3.63) is 111 Å². The van der Waals surface area contributed by atoms with E-state index >= 15 is 0 Å². The van der Waals surface area contributed by atoms with E-state index in [9.17, 15) is 4.79 Å². The fourth-order valence-electron chi connectivity index (χ4n) is 4.25. The van der Waals surface area contributed by atoms with Crippen LogP contribution in [0, 0.1) is 12.8 Å². The van der Waals surface area contributed by atoms with Gasteiger partial charge < -0.3 is 20.1 Å². The molecule has 1 aromatic heterocycles. The summed E-state index contributed by atoms with van der Waals surface area (Å²) in [5.74, 6) is 1.26. The van der Waals surface area contributed by atoms with Crippen LogP contribution in [-0.2, 0) is 11.3 Å². The number of hydrogen-bond acceptors (Lipinski definition) is 6. The van der Waals surface area contributed by atoms with Crippen LogP contribution in [0.4, 0.5) is 0 Å². The Bertz CT molecular complexity index is 1340. The van der Waals surface area contributed by atoms with Gasteiger partial charge >= 0.3 is 0 Å². The van der Waals surface area contributed by atoms with Crippen LogP contribution in [0.2, 0.25) is 0 Å². The third kappa shape index (κ3) is 4.24. The molecule has 0 spiro atoms. The summed E-state index contributed by atoms with van der Waals surface area (Å²) in [6, 6.07) is 9.96. The first-order valence-corrected chi connectivity index (χ1v) is 11.9. The number of fused-ring (bicyclic) bond motifs is 2. The maximum absolute atomic E-state index is 13.6. The number of thiophene rings is 1. The molecule has 0 saturated carbocycles. The van der Waals surface area contributed by atoms with Crippen molar-refractivity contribution in [3.63, 3.8) is 0 Å². The molecule has 0 bridgehead atoms. The van der Waals surface area contributed by atoms with Crippen LogP contribution in [0.5, 0.6) is 11.5 Å². The van der Waals surface area contributed by atoms with Gasteiger partial charge in [0.1, 0.15) is 11.5 Å². The van der Waals surface area contributed by atoms with Crippen LogP contribution in [-0.4, -0.2) is 20.0 Å². The largest absolute Gasteiger partial charge is 0.497 e. The van der Waals surface area contributed by atoms with Gasteiger partial charge in [0.25, 0.3) is 0 Å². The lowest BCUT2D eigenvalue weighted by Gasteiger charge is -2.22. The quantitative estimate of drug-likeness (QED) is 0.608. The molecule has 0 amide bonds. The molecule has 5 rings (SSSR count). The van der Waals surface area contributed by atoms with E-state index in [0.717, 1.165) is 44.5 Å². The van der Waals surface area contributed by atoms with E-state index in [1.165, 1.54) is 4.88 Å². The predicted molar refractivity (Wildman–Crippen MR) is 137 cm³/mol. The monoisotopic (exact) mass is 470 g/mol. The van der Waals surface area contributed by atoms with Gasteiger partial charge in [0.2, 0.25) is 0 Å². The van der Waals surface area contributed by atoms with Crippen LogP contribution in [0.3, 0.4) is 0 Å². The van der Waals surface area contributed by atoms with Gasteiger partial charge in [0.05, 0.1) is 20.1 Å². The van der Waals surface area contributed by atoms with Crippen molar-refractivity contribution in [1.82, 2.24) is 10.6 Å². The molecule has 2 N–H and O–H groups in total. The van der Waals surface area contributed by atoms with Gasteiger partial charge in [-0.05, 0) is 61.1 Å². The lowest BCUT2D eigenvalue weighted by atomic mass is 9.86. The molecule has 0 saturated heterocycles. The molecule has 3 aliphatic rings. The Hall–Kier alpha value is -3.77. The average molecular weight is 471 g/mol. The van der Waals surface area contributed by atoms with E-state index in [1.54, 1.807) is 25.6 Å². The average Bonchev–Trinajstić information content (AvgIpc) is 3.26. The molecule has 34 heavy (non-hydrogen) atoms. The molecule has 2 aromatic rings. The van der Waals surface area contributed by atoms with Gasteiger partial charge in [0, 0.05) is 56.7 Å². The van der Waals surface area contributed by atoms with Crippen LogP contribution in [0.15, 0.2) is 95.5 Å². The highest BCUT2D eigenvalue weighted by atomic mass is 32.1. The van der Waals surface area contributed by atoms with Gasteiger partial charge in [-0.15, -0.1) is 11.3 Å². The van der Waals surface area contributed by atoms with Gasteiger partial charge in [-0.2, -0.15) is 0 Å². The number of dihydropyridines is 1. The van der Waals surface area contributed by atoms with Crippen LogP contribution < -0.4 is 20.1 Å². The summed E-state index contributed by atoms with van der Waals surface area (Å²) in [4.78, 5) is 16.0. The number of hydrogen-bond donors (Lipinski definition) is 2. The molecule has 1 unspecified atom stereocenters. The molecule has 6 heteroatoms. The molecule has 0 radical (unpaired) electrons. The Kier molecular flexibility index (Phi) is 5.99. The fourth-order valence-corrected chi connectivity index (χ4v) is 5.10. The molecule has 1 aliphatic heterocycles. The Morgan fingerprint density at radius 3 is 2.74 bits per heavy atom. The summed E-state index contributed by atoms with van der Waals surface area (Å²) >= 11 is 1.73. The smallest absolute Gasteiger partial charge is 0.176 e. The summed E-state index contributed by atoms with van der Waals surface area (Å²) < 4.78 is 10.8. The number of ketones is 1. The second-order valence-electron chi connectivity index (χ2n) is 8.29. The van der Waals surface area contributed by atoms with Crippen molar-refractivity contribution in [3.8, 4) is 11.5 Å². The Morgan fingerprint density at radius 1 is 1.09 bits per heavy atom. The first-order valence-electron chi connectivity index (χ1n) is 11.1. The first kappa shape index (κ1) is 22.0. The first-order chi connectivity index (χ1) is 16.6. The van der Waals surface area contributed by atoms with Gasteiger partial charge in [-0.3, -0.25) is 4.79 Å². The number of ether oxygens (including phenoxy) is 2. The van der Waals surface area contributed by atoms with Crippen molar-refractivity contribution in [2.75, 3.05) is 14.2 Å². The number of methoxy groups -OCH3 is 2. The number of Topliss-reactive ketones (excluding diaryl/α,β-unsaturated/α-hetero) is 1. The third-order valence-electron chi connectivity index (χ3n) is 6.13. The van der Waals surface area contributed by atoms with Crippen molar-refractivity contribution in [2.45, 2.75) is 13.5 Å². The highest BCUT2D eigenvalue weighted by Gasteiger charge is 2.30. The molecule has 5 nitrogen and oxygen atoms in total. The molecular weight excluding hydrogens is 444 g/mol. The van der Waals surface area contributed by atoms with E-state index in [2.05, 4.69) is 29.7 Å². The Balaban J connectivity index is 1.37. The predicted octanol–water partition coefficient (Wildman–Crippen LogP) is 5.20. The lowest BCUT2D eigenvalue weighted by molar-refractivity contribution is -0.116. The zero-order valence-corrected chi connectivity index (χ0v) is 20.2. The zero-order chi connectivity index (χ0) is 23.7. The topological polar surface area (TPSA) is 59.6 Å². The van der Waals surface area contributed by atoms with E-state index in [-0.39, 0.29) is 11.7 Å². The van der Waals surface area contributed by atoms with E-state index in [0.29, 0.717) is 12.1 Å². The Morgan fingerprint density at radius 2 is 1.97 bits per heavy atom. The summed E-state index contributed by atoms with van der Waals surface area (Å²) in [6.07, 6.45) is 14.0. The van der Waals surface area contributed by atoms with Gasteiger partial charge in [-0.25, -0.2) is 0 Å². The summed E-state index contributed by atoms with van der Waals surface area (Å²) in [5, 5.41) is 6.77. The molecule has 1 atom stereocenters. The highest BCUT2D eigenvalue weighted by Crippen LogP contribution is 2.35. The number of benzene rings is 1. The van der Waals surface area contributed by atoms with Crippen molar-refractivity contribution in [1.29, 1.82) is 0 Å². The molecule has 1 aromatic carbocycles. The minimum atomic E-state index is -0.337. The molecule has 0 fully saturated rings. The van der Waals surface area contributed by atoms with Gasteiger partial charge in [-0.1, -0.05) is 12.2 Å². The molecule has 172 valence electrons. The van der Waals surface area contributed by atoms with E-state index in [1.807, 2.05) is 60.9 Å². The summed E-state index contributed by atoms with van der Waals surface area (Å²) in [6.45, 7) is 2.66. The van der Waals surface area contributed by atoms with Crippen molar-refractivity contribution >= 4 is 22.7 Å². The molecule has 2 heterocycles. The van der Waals surface area contributed by atoms with Crippen LogP contribution in [0.25, 0.3) is 5.57 Å². The zero-order valence-electron chi connectivity index (χ0n) is 19.3. The standard InChI is InChI=1S/C28H26N2O3S/c1-17-4-11-27(34-17)20-12-24-25(30-16-20)10-7-18-5-8-21(13-23(18)28(24)31)29-15-19-6-9-22(32-2)14-26(19)33-3/h4-14,16,23,29-30H,15H2,1-3H3. The second kappa shape index (κ2) is 9.23. The lowest BCUT2D eigenvalue weighted by Crippen LogP contribution is -2.25.